The van der Waals surface area contributed by atoms with Crippen LogP contribution in [0.15, 0.2) is 206 Å². The van der Waals surface area contributed by atoms with Crippen LogP contribution in [0.5, 0.6) is 0 Å². The number of hydrogen-bond acceptors (Lipinski definition) is 4. The summed E-state index contributed by atoms with van der Waals surface area (Å²) in [5.41, 5.74) is 12.4. The van der Waals surface area contributed by atoms with Crippen molar-refractivity contribution in [3.63, 3.8) is 0 Å². The van der Waals surface area contributed by atoms with Crippen molar-refractivity contribution < 1.29 is 0 Å². The fraction of sp³-hybridized carbons (Fsp3) is 0. The van der Waals surface area contributed by atoms with Gasteiger partial charge >= 0.3 is 0 Å². The van der Waals surface area contributed by atoms with Gasteiger partial charge in [-0.1, -0.05) is 188 Å². The highest BCUT2D eigenvalue weighted by Gasteiger charge is 2.18. The largest absolute Gasteiger partial charge is 0.247 e. The van der Waals surface area contributed by atoms with E-state index in [1.165, 1.54) is 10.9 Å². The molecule has 8 aromatic carbocycles. The Morgan fingerprint density at radius 2 is 0.679 bits per heavy atom. The molecule has 2 heterocycles. The van der Waals surface area contributed by atoms with Crippen molar-refractivity contribution >= 4 is 21.7 Å². The molecule has 0 unspecified atom stereocenters. The fourth-order valence-electron chi connectivity index (χ4n) is 7.57. The third kappa shape index (κ3) is 6.29. The van der Waals surface area contributed by atoms with Gasteiger partial charge in [-0.15, -0.1) is 0 Å². The lowest BCUT2D eigenvalue weighted by Gasteiger charge is -2.15. The van der Waals surface area contributed by atoms with Gasteiger partial charge < -0.3 is 0 Å². The second-order valence-corrected chi connectivity index (χ2v) is 13.9. The first kappa shape index (κ1) is 33.0. The number of hydrogen-bond donors (Lipinski definition) is 0. The van der Waals surface area contributed by atoms with Gasteiger partial charge in [0.05, 0.1) is 11.2 Å². The normalized spacial score (nSPS) is 11.2. The van der Waals surface area contributed by atoms with Crippen molar-refractivity contribution in [1.29, 1.82) is 0 Å². The number of aromatic nitrogens is 4. The Hall–Kier alpha value is -7.56. The van der Waals surface area contributed by atoms with Crippen molar-refractivity contribution in [3.8, 4) is 78.8 Å². The van der Waals surface area contributed by atoms with E-state index in [-0.39, 0.29) is 0 Å². The Kier molecular flexibility index (Phi) is 8.47. The van der Waals surface area contributed by atoms with E-state index in [4.69, 9.17) is 19.9 Å². The minimum absolute atomic E-state index is 0.585. The molecule has 0 amide bonds. The van der Waals surface area contributed by atoms with Crippen LogP contribution in [-0.4, -0.2) is 19.9 Å². The van der Waals surface area contributed by atoms with Crippen LogP contribution in [0.4, 0.5) is 0 Å². The van der Waals surface area contributed by atoms with E-state index in [9.17, 15) is 0 Å². The third-order valence-electron chi connectivity index (χ3n) is 10.3. The Labute approximate surface area is 325 Å². The summed E-state index contributed by atoms with van der Waals surface area (Å²) >= 11 is 0. The molecule has 4 nitrogen and oxygen atoms in total. The minimum atomic E-state index is 0.585. The molecule has 2 aromatic heterocycles. The van der Waals surface area contributed by atoms with Gasteiger partial charge in [-0.3, -0.25) is 0 Å². The van der Waals surface area contributed by atoms with Gasteiger partial charge in [0.2, 0.25) is 0 Å². The van der Waals surface area contributed by atoms with E-state index in [1.54, 1.807) is 0 Å². The van der Waals surface area contributed by atoms with Crippen molar-refractivity contribution in [2.45, 2.75) is 0 Å². The maximum Gasteiger partial charge on any atom is 0.164 e. The highest BCUT2D eigenvalue weighted by molar-refractivity contribution is 6.17. The van der Waals surface area contributed by atoms with E-state index >= 15 is 0 Å². The number of pyridine rings is 1. The molecule has 0 fully saturated rings. The van der Waals surface area contributed by atoms with Gasteiger partial charge in [-0.2, -0.15) is 0 Å². The van der Waals surface area contributed by atoms with Crippen LogP contribution in [0, 0.1) is 0 Å². The van der Waals surface area contributed by atoms with Crippen LogP contribution in [-0.2, 0) is 0 Å². The summed E-state index contributed by atoms with van der Waals surface area (Å²) in [6.07, 6.45) is 0. The zero-order chi connectivity index (χ0) is 37.3. The lowest BCUT2D eigenvalue weighted by atomic mass is 9.92. The Bertz CT molecular complexity index is 2900. The number of benzene rings is 8. The Morgan fingerprint density at radius 1 is 0.250 bits per heavy atom. The second kappa shape index (κ2) is 14.3. The zero-order valence-corrected chi connectivity index (χ0v) is 30.4. The third-order valence-corrected chi connectivity index (χ3v) is 10.3. The maximum absolute atomic E-state index is 5.37. The highest BCUT2D eigenvalue weighted by Crippen LogP contribution is 2.40. The van der Waals surface area contributed by atoms with E-state index < -0.39 is 0 Å². The van der Waals surface area contributed by atoms with Crippen LogP contribution in [0.25, 0.3) is 100 Å². The molecule has 0 aliphatic carbocycles. The number of rotatable bonds is 7. The van der Waals surface area contributed by atoms with Crippen LogP contribution in [0.3, 0.4) is 0 Å². The first-order chi connectivity index (χ1) is 27.7. The van der Waals surface area contributed by atoms with E-state index in [2.05, 4.69) is 188 Å². The summed E-state index contributed by atoms with van der Waals surface area (Å²) in [5, 5.41) is 3.35. The molecular weight excluding hydrogens is 681 g/mol. The van der Waals surface area contributed by atoms with Crippen LogP contribution >= 0.6 is 0 Å². The molecule has 0 bridgehead atoms. The zero-order valence-electron chi connectivity index (χ0n) is 30.4. The quantitative estimate of drug-likeness (QED) is 0.154. The molecule has 0 N–H and O–H groups in total. The molecule has 0 saturated heterocycles. The monoisotopic (exact) mass is 714 g/mol. The van der Waals surface area contributed by atoms with Gasteiger partial charge in [0.15, 0.2) is 17.5 Å². The van der Waals surface area contributed by atoms with E-state index in [0.717, 1.165) is 72.1 Å². The maximum atomic E-state index is 5.37. The van der Waals surface area contributed by atoms with Crippen molar-refractivity contribution in [2.24, 2.45) is 0 Å². The number of fused-ring (bicyclic) bond motifs is 3. The molecule has 4 heteroatoms. The SMILES string of the molecule is c1ccc(-c2cccc(-c3nc(-c4cccc(-c5ccccc5)c4)nc(-c4ccc5c(c4)nc(-c4ccccc4)c4cccc(-c6ccccc6)c45)n3)c2)cc1. The van der Waals surface area contributed by atoms with Gasteiger partial charge in [0, 0.05) is 38.4 Å². The first-order valence-electron chi connectivity index (χ1n) is 18.8. The van der Waals surface area contributed by atoms with Crippen molar-refractivity contribution in [3.05, 3.63) is 206 Å². The first-order valence-corrected chi connectivity index (χ1v) is 18.8. The lowest BCUT2D eigenvalue weighted by Crippen LogP contribution is -2.01. The second-order valence-electron chi connectivity index (χ2n) is 13.9. The predicted molar refractivity (Wildman–Crippen MR) is 231 cm³/mol. The molecule has 0 aliphatic rings. The van der Waals surface area contributed by atoms with Crippen molar-refractivity contribution in [1.82, 2.24) is 19.9 Å². The van der Waals surface area contributed by atoms with Gasteiger partial charge in [0.25, 0.3) is 0 Å². The average Bonchev–Trinajstić information content (AvgIpc) is 3.29. The molecule has 0 atom stereocenters. The molecule has 0 aliphatic heterocycles. The fourth-order valence-corrected chi connectivity index (χ4v) is 7.57. The van der Waals surface area contributed by atoms with Crippen LogP contribution < -0.4 is 0 Å². The predicted octanol–water partition coefficient (Wildman–Crippen LogP) is 13.2. The molecular formula is C52H34N4. The Morgan fingerprint density at radius 3 is 1.21 bits per heavy atom. The highest BCUT2D eigenvalue weighted by atomic mass is 15.0. The summed E-state index contributed by atoms with van der Waals surface area (Å²) < 4.78 is 0. The summed E-state index contributed by atoms with van der Waals surface area (Å²) in [6, 6.07) is 71.6. The standard InChI is InChI=1S/C52H34N4/c1-5-16-35(17-6-1)39-24-13-26-41(32-39)50-54-51(42-27-14-25-40(33-42)36-18-7-2-8-19-36)56-52(55-50)43-30-31-45-47(34-43)53-49(38-22-11-4-12-23-38)46-29-15-28-44(48(45)46)37-20-9-3-10-21-37/h1-34H. The molecule has 262 valence electrons. The lowest BCUT2D eigenvalue weighted by molar-refractivity contribution is 1.07. The molecule has 0 saturated carbocycles. The minimum Gasteiger partial charge on any atom is -0.247 e. The summed E-state index contributed by atoms with van der Waals surface area (Å²) in [7, 11) is 0. The number of nitrogens with zero attached hydrogens (tertiary/aromatic N) is 4. The summed E-state index contributed by atoms with van der Waals surface area (Å²) in [6.45, 7) is 0. The topological polar surface area (TPSA) is 51.6 Å². The molecule has 10 rings (SSSR count). The summed E-state index contributed by atoms with van der Waals surface area (Å²) in [5.74, 6) is 1.80. The molecule has 56 heavy (non-hydrogen) atoms. The van der Waals surface area contributed by atoms with Crippen LogP contribution in [0.2, 0.25) is 0 Å². The smallest absolute Gasteiger partial charge is 0.164 e. The molecule has 10 aromatic rings. The van der Waals surface area contributed by atoms with Crippen molar-refractivity contribution in [2.75, 3.05) is 0 Å². The Balaban J connectivity index is 1.19. The van der Waals surface area contributed by atoms with Crippen LogP contribution in [0.1, 0.15) is 0 Å². The summed E-state index contributed by atoms with van der Waals surface area (Å²) in [4.78, 5) is 20.9. The van der Waals surface area contributed by atoms with E-state index in [0.29, 0.717) is 17.5 Å². The van der Waals surface area contributed by atoms with Gasteiger partial charge in [-0.05, 0) is 51.6 Å². The van der Waals surface area contributed by atoms with E-state index in [1.807, 2.05) is 18.2 Å². The molecule has 0 radical (unpaired) electrons. The van der Waals surface area contributed by atoms with Gasteiger partial charge in [0.1, 0.15) is 0 Å². The van der Waals surface area contributed by atoms with Gasteiger partial charge in [-0.25, -0.2) is 19.9 Å². The average molecular weight is 715 g/mol. The molecule has 0 spiro atoms.